The largest absolute Gasteiger partial charge is 0.350 e. The smallest absolute Gasteiger partial charge is 0.240 e. The summed E-state index contributed by atoms with van der Waals surface area (Å²) in [5, 5.41) is 2.85. The molecule has 0 saturated carbocycles. The second kappa shape index (κ2) is 8.08. The number of carbonyl (C=O) groups is 2. The summed E-state index contributed by atoms with van der Waals surface area (Å²) in [6, 6.07) is 10.0. The Labute approximate surface area is 131 Å². The maximum Gasteiger partial charge on any atom is 0.240 e. The standard InChI is InChI=1S/C16H24N2O2S/c1-16(2,3)17-14(19)10-18(4)15(20)12-21-11-13-8-6-5-7-9-13/h5-9H,10-12H2,1-4H3,(H,17,19). The molecule has 0 atom stereocenters. The summed E-state index contributed by atoms with van der Waals surface area (Å²) in [6.07, 6.45) is 0. The summed E-state index contributed by atoms with van der Waals surface area (Å²) in [5.41, 5.74) is 0.923. The predicted molar refractivity (Wildman–Crippen MR) is 88.1 cm³/mol. The van der Waals surface area contributed by atoms with Gasteiger partial charge >= 0.3 is 0 Å². The third-order valence-electron chi connectivity index (χ3n) is 2.66. The van der Waals surface area contributed by atoms with Crippen LogP contribution in [-0.4, -0.2) is 41.6 Å². The zero-order valence-corrected chi connectivity index (χ0v) is 14.0. The number of benzene rings is 1. The van der Waals surface area contributed by atoms with Gasteiger partial charge in [-0.1, -0.05) is 30.3 Å². The highest BCUT2D eigenvalue weighted by Crippen LogP contribution is 2.12. The Morgan fingerprint density at radius 3 is 2.38 bits per heavy atom. The van der Waals surface area contributed by atoms with E-state index in [0.29, 0.717) is 5.75 Å². The molecule has 21 heavy (non-hydrogen) atoms. The lowest BCUT2D eigenvalue weighted by molar-refractivity contribution is -0.133. The predicted octanol–water partition coefficient (Wildman–Crippen LogP) is 2.29. The van der Waals surface area contributed by atoms with E-state index in [1.807, 2.05) is 51.1 Å². The van der Waals surface area contributed by atoms with Crippen molar-refractivity contribution in [2.75, 3.05) is 19.3 Å². The van der Waals surface area contributed by atoms with Gasteiger partial charge in [0.05, 0.1) is 12.3 Å². The lowest BCUT2D eigenvalue weighted by Crippen LogP contribution is -2.46. The number of thioether (sulfide) groups is 1. The van der Waals surface area contributed by atoms with E-state index in [2.05, 4.69) is 5.32 Å². The van der Waals surface area contributed by atoms with Crippen molar-refractivity contribution in [3.8, 4) is 0 Å². The molecule has 2 amide bonds. The van der Waals surface area contributed by atoms with Crippen LogP contribution in [0.25, 0.3) is 0 Å². The van der Waals surface area contributed by atoms with Crippen molar-refractivity contribution in [1.29, 1.82) is 0 Å². The SMILES string of the molecule is CN(CC(=O)NC(C)(C)C)C(=O)CSCc1ccccc1. The molecule has 0 spiro atoms. The molecule has 1 aromatic carbocycles. The van der Waals surface area contributed by atoms with Crippen LogP contribution in [0.2, 0.25) is 0 Å². The Kier molecular flexibility index (Phi) is 6.75. The summed E-state index contributed by atoms with van der Waals surface area (Å²) < 4.78 is 0. The molecular weight excluding hydrogens is 284 g/mol. The second-order valence-corrected chi connectivity index (χ2v) is 7.01. The third-order valence-corrected chi connectivity index (χ3v) is 3.65. The maximum absolute atomic E-state index is 12.0. The molecule has 0 unspecified atom stereocenters. The summed E-state index contributed by atoms with van der Waals surface area (Å²) in [4.78, 5) is 25.2. The molecule has 0 aliphatic carbocycles. The first-order chi connectivity index (χ1) is 9.78. The van der Waals surface area contributed by atoms with Crippen molar-refractivity contribution in [2.24, 2.45) is 0 Å². The lowest BCUT2D eigenvalue weighted by Gasteiger charge is -2.23. The van der Waals surface area contributed by atoms with Crippen LogP contribution in [0, 0.1) is 0 Å². The van der Waals surface area contributed by atoms with Crippen LogP contribution in [-0.2, 0) is 15.3 Å². The number of rotatable bonds is 6. The fourth-order valence-electron chi connectivity index (χ4n) is 1.70. The summed E-state index contributed by atoms with van der Waals surface area (Å²) in [5.74, 6) is 1.02. The van der Waals surface area contributed by atoms with Crippen molar-refractivity contribution < 1.29 is 9.59 Å². The summed E-state index contributed by atoms with van der Waals surface area (Å²) >= 11 is 1.56. The van der Waals surface area contributed by atoms with Crippen molar-refractivity contribution in [3.05, 3.63) is 35.9 Å². The average molecular weight is 308 g/mol. The van der Waals surface area contributed by atoms with Gasteiger partial charge in [-0.3, -0.25) is 9.59 Å². The number of nitrogens with zero attached hydrogens (tertiary/aromatic N) is 1. The van der Waals surface area contributed by atoms with E-state index in [9.17, 15) is 9.59 Å². The van der Waals surface area contributed by atoms with Gasteiger partial charge in [0, 0.05) is 18.3 Å². The number of carbonyl (C=O) groups excluding carboxylic acids is 2. The van der Waals surface area contributed by atoms with Crippen molar-refractivity contribution >= 4 is 23.6 Å². The van der Waals surface area contributed by atoms with Gasteiger partial charge < -0.3 is 10.2 Å². The van der Waals surface area contributed by atoms with Crippen LogP contribution in [0.15, 0.2) is 30.3 Å². The zero-order valence-electron chi connectivity index (χ0n) is 13.2. The van der Waals surface area contributed by atoms with Crippen molar-refractivity contribution in [1.82, 2.24) is 10.2 Å². The highest BCUT2D eigenvalue weighted by atomic mass is 32.2. The molecule has 0 aromatic heterocycles. The Morgan fingerprint density at radius 1 is 1.19 bits per heavy atom. The lowest BCUT2D eigenvalue weighted by atomic mass is 10.1. The molecule has 0 aliphatic rings. The fourth-order valence-corrected chi connectivity index (χ4v) is 2.63. The first kappa shape index (κ1) is 17.6. The highest BCUT2D eigenvalue weighted by Gasteiger charge is 2.17. The van der Waals surface area contributed by atoms with Crippen molar-refractivity contribution in [2.45, 2.75) is 32.1 Å². The van der Waals surface area contributed by atoms with Crippen LogP contribution in [0.4, 0.5) is 0 Å². The van der Waals surface area contributed by atoms with Crippen LogP contribution in [0.5, 0.6) is 0 Å². The minimum absolute atomic E-state index is 0.0278. The van der Waals surface area contributed by atoms with E-state index < -0.39 is 0 Å². The molecule has 1 rings (SSSR count). The molecule has 1 aromatic rings. The quantitative estimate of drug-likeness (QED) is 0.877. The molecule has 0 aliphatic heterocycles. The number of amides is 2. The normalized spacial score (nSPS) is 11.0. The summed E-state index contributed by atoms with van der Waals surface area (Å²) in [6.45, 7) is 5.86. The number of nitrogens with one attached hydrogen (secondary N) is 1. The molecular formula is C16H24N2O2S. The molecule has 0 fully saturated rings. The number of hydrogen-bond acceptors (Lipinski definition) is 3. The van der Waals surface area contributed by atoms with Gasteiger partial charge in [-0.2, -0.15) is 0 Å². The van der Waals surface area contributed by atoms with E-state index >= 15 is 0 Å². The molecule has 0 radical (unpaired) electrons. The number of likely N-dealkylation sites (N-methyl/N-ethyl adjacent to an activating group) is 1. The summed E-state index contributed by atoms with van der Waals surface area (Å²) in [7, 11) is 1.66. The van der Waals surface area contributed by atoms with E-state index in [1.54, 1.807) is 18.8 Å². The molecule has 0 saturated heterocycles. The van der Waals surface area contributed by atoms with Crippen LogP contribution >= 0.6 is 11.8 Å². The minimum Gasteiger partial charge on any atom is -0.350 e. The highest BCUT2D eigenvalue weighted by molar-refractivity contribution is 7.99. The van der Waals surface area contributed by atoms with Gasteiger partial charge in [0.2, 0.25) is 11.8 Å². The Balaban J connectivity index is 2.29. The Morgan fingerprint density at radius 2 is 1.81 bits per heavy atom. The number of hydrogen-bond donors (Lipinski definition) is 1. The molecule has 1 N–H and O–H groups in total. The molecule has 116 valence electrons. The zero-order chi connectivity index (χ0) is 15.9. The van der Waals surface area contributed by atoms with Gasteiger partial charge in [-0.15, -0.1) is 11.8 Å². The Hall–Kier alpha value is -1.49. The van der Waals surface area contributed by atoms with Gasteiger partial charge in [0.15, 0.2) is 0 Å². The van der Waals surface area contributed by atoms with Crippen LogP contribution < -0.4 is 5.32 Å². The second-order valence-electron chi connectivity index (χ2n) is 6.03. The van der Waals surface area contributed by atoms with E-state index in [1.165, 1.54) is 10.5 Å². The van der Waals surface area contributed by atoms with E-state index in [4.69, 9.17) is 0 Å². The molecule has 0 heterocycles. The van der Waals surface area contributed by atoms with Gasteiger partial charge in [-0.05, 0) is 26.3 Å². The molecule has 4 nitrogen and oxygen atoms in total. The van der Waals surface area contributed by atoms with Crippen LogP contribution in [0.3, 0.4) is 0 Å². The van der Waals surface area contributed by atoms with Gasteiger partial charge in [-0.25, -0.2) is 0 Å². The minimum atomic E-state index is -0.275. The molecule has 5 heteroatoms. The van der Waals surface area contributed by atoms with Gasteiger partial charge in [0.25, 0.3) is 0 Å². The van der Waals surface area contributed by atoms with E-state index in [-0.39, 0.29) is 23.9 Å². The monoisotopic (exact) mass is 308 g/mol. The average Bonchev–Trinajstić information content (AvgIpc) is 2.37. The van der Waals surface area contributed by atoms with Crippen molar-refractivity contribution in [3.63, 3.8) is 0 Å². The van der Waals surface area contributed by atoms with Gasteiger partial charge in [0.1, 0.15) is 0 Å². The Bertz CT molecular complexity index is 469. The first-order valence-corrected chi connectivity index (χ1v) is 8.10. The van der Waals surface area contributed by atoms with E-state index in [0.717, 1.165) is 5.75 Å². The third kappa shape index (κ3) is 7.75. The first-order valence-electron chi connectivity index (χ1n) is 6.94. The topological polar surface area (TPSA) is 49.4 Å². The molecule has 0 bridgehead atoms. The maximum atomic E-state index is 12.0. The van der Waals surface area contributed by atoms with Crippen LogP contribution in [0.1, 0.15) is 26.3 Å². The fraction of sp³-hybridized carbons (Fsp3) is 0.500.